The first-order valence-electron chi connectivity index (χ1n) is 5.08. The summed E-state index contributed by atoms with van der Waals surface area (Å²) in [5.41, 5.74) is 3.49. The summed E-state index contributed by atoms with van der Waals surface area (Å²) >= 11 is 0. The summed E-state index contributed by atoms with van der Waals surface area (Å²) < 4.78 is 1.84. The van der Waals surface area contributed by atoms with Crippen LogP contribution in [0.25, 0.3) is 5.82 Å². The second-order valence-electron chi connectivity index (χ2n) is 3.40. The fraction of sp³-hybridized carbons (Fsp3) is 0.300. The monoisotopic (exact) mass is 218 g/mol. The molecule has 2 rings (SSSR count). The van der Waals surface area contributed by atoms with Crippen molar-refractivity contribution in [1.29, 1.82) is 0 Å². The van der Waals surface area contributed by atoms with Crippen molar-refractivity contribution in [3.05, 3.63) is 30.1 Å². The first-order valence-corrected chi connectivity index (χ1v) is 5.08. The molecule has 0 aliphatic rings. The Morgan fingerprint density at radius 2 is 2.25 bits per heavy atom. The summed E-state index contributed by atoms with van der Waals surface area (Å²) in [6.45, 7) is 3.92. The molecule has 0 aromatic carbocycles. The first kappa shape index (κ1) is 10.6. The molecule has 84 valence electrons. The molecule has 2 aromatic rings. The largest absolute Gasteiger partial charge is 0.308 e. The number of aromatic nitrogens is 4. The molecule has 3 N–H and O–H groups in total. The van der Waals surface area contributed by atoms with Gasteiger partial charge in [0.1, 0.15) is 23.8 Å². The lowest BCUT2D eigenvalue weighted by Crippen LogP contribution is -2.14. The van der Waals surface area contributed by atoms with Crippen LogP contribution in [0.4, 0.5) is 5.82 Å². The van der Waals surface area contributed by atoms with E-state index in [9.17, 15) is 0 Å². The lowest BCUT2D eigenvalue weighted by Gasteiger charge is -2.11. The van der Waals surface area contributed by atoms with Gasteiger partial charge in [-0.1, -0.05) is 6.92 Å². The maximum absolute atomic E-state index is 5.43. The second kappa shape index (κ2) is 4.28. The summed E-state index contributed by atoms with van der Waals surface area (Å²) in [7, 11) is 0. The highest BCUT2D eigenvalue weighted by atomic mass is 15.3. The molecule has 0 saturated heterocycles. The summed E-state index contributed by atoms with van der Waals surface area (Å²) in [6.07, 6.45) is 6.02. The van der Waals surface area contributed by atoms with Crippen molar-refractivity contribution in [2.24, 2.45) is 5.84 Å². The molecule has 0 unspecified atom stereocenters. The van der Waals surface area contributed by atoms with Crippen LogP contribution in [0.15, 0.2) is 18.7 Å². The lowest BCUT2D eigenvalue weighted by molar-refractivity contribution is 0.873. The van der Waals surface area contributed by atoms with E-state index >= 15 is 0 Å². The van der Waals surface area contributed by atoms with Crippen LogP contribution in [0.3, 0.4) is 0 Å². The van der Waals surface area contributed by atoms with Crippen LogP contribution in [-0.4, -0.2) is 19.5 Å². The van der Waals surface area contributed by atoms with Crippen molar-refractivity contribution in [1.82, 2.24) is 19.5 Å². The van der Waals surface area contributed by atoms with Crippen molar-refractivity contribution in [3.8, 4) is 5.82 Å². The minimum atomic E-state index is 0.649. The number of hydrogen-bond donors (Lipinski definition) is 2. The number of nitrogen functional groups attached to an aromatic ring is 1. The van der Waals surface area contributed by atoms with Gasteiger partial charge in [0.25, 0.3) is 0 Å². The maximum atomic E-state index is 5.43. The van der Waals surface area contributed by atoms with Crippen molar-refractivity contribution in [2.45, 2.75) is 20.3 Å². The number of hydrogen-bond acceptors (Lipinski definition) is 5. The predicted molar refractivity (Wildman–Crippen MR) is 61.1 cm³/mol. The third-order valence-electron chi connectivity index (χ3n) is 2.37. The molecule has 0 atom stereocenters. The summed E-state index contributed by atoms with van der Waals surface area (Å²) in [5.74, 6) is 7.64. The predicted octanol–water partition coefficient (Wildman–Crippen LogP) is 0.819. The van der Waals surface area contributed by atoms with Crippen LogP contribution in [0.2, 0.25) is 0 Å². The van der Waals surface area contributed by atoms with Crippen LogP contribution < -0.4 is 11.3 Å². The standard InChI is InChI=1S/C10H14N6/c1-3-8-13-9(15-11)7(2)10(14-8)16-5-4-12-6-16/h4-6H,3,11H2,1-2H3,(H,13,14,15). The van der Waals surface area contributed by atoms with Crippen molar-refractivity contribution in [2.75, 3.05) is 5.43 Å². The lowest BCUT2D eigenvalue weighted by atomic mass is 10.3. The van der Waals surface area contributed by atoms with Gasteiger partial charge in [0, 0.05) is 24.4 Å². The molecule has 0 saturated carbocycles. The molecule has 2 heterocycles. The Labute approximate surface area is 93.5 Å². The third kappa shape index (κ3) is 1.74. The highest BCUT2D eigenvalue weighted by Crippen LogP contribution is 2.18. The first-order chi connectivity index (χ1) is 7.76. The minimum Gasteiger partial charge on any atom is -0.308 e. The van der Waals surface area contributed by atoms with Crippen LogP contribution in [-0.2, 0) is 6.42 Å². The molecular formula is C10H14N6. The number of aryl methyl sites for hydroxylation is 1. The summed E-state index contributed by atoms with van der Waals surface area (Å²) in [4.78, 5) is 12.8. The molecule has 0 bridgehead atoms. The zero-order valence-corrected chi connectivity index (χ0v) is 9.31. The van der Waals surface area contributed by atoms with Gasteiger partial charge in [-0.05, 0) is 6.92 Å². The van der Waals surface area contributed by atoms with Gasteiger partial charge in [0.2, 0.25) is 0 Å². The quantitative estimate of drug-likeness (QED) is 0.588. The van der Waals surface area contributed by atoms with Gasteiger partial charge in [-0.2, -0.15) is 0 Å². The SMILES string of the molecule is CCc1nc(NN)c(C)c(-n2ccnc2)n1. The Morgan fingerprint density at radius 3 is 2.81 bits per heavy atom. The number of nitrogens with two attached hydrogens (primary N) is 1. The number of rotatable bonds is 3. The minimum absolute atomic E-state index is 0.649. The van der Waals surface area contributed by atoms with Gasteiger partial charge in [-0.25, -0.2) is 20.8 Å². The van der Waals surface area contributed by atoms with Gasteiger partial charge in [-0.15, -0.1) is 0 Å². The number of nitrogens with one attached hydrogen (secondary N) is 1. The van der Waals surface area contributed by atoms with E-state index in [-0.39, 0.29) is 0 Å². The Balaban J connectivity index is 2.59. The highest BCUT2D eigenvalue weighted by Gasteiger charge is 2.10. The van der Waals surface area contributed by atoms with E-state index in [0.717, 1.165) is 23.6 Å². The number of hydrazine groups is 1. The Kier molecular flexibility index (Phi) is 2.82. The number of anilines is 1. The number of imidazole rings is 1. The van der Waals surface area contributed by atoms with Gasteiger partial charge in [0.15, 0.2) is 0 Å². The highest BCUT2D eigenvalue weighted by molar-refractivity contribution is 5.50. The smallest absolute Gasteiger partial charge is 0.148 e. The van der Waals surface area contributed by atoms with E-state index in [1.54, 1.807) is 12.5 Å². The van der Waals surface area contributed by atoms with E-state index in [0.29, 0.717) is 5.82 Å². The van der Waals surface area contributed by atoms with Gasteiger partial charge >= 0.3 is 0 Å². The molecular weight excluding hydrogens is 204 g/mol. The normalized spacial score (nSPS) is 10.4. The average Bonchev–Trinajstić information content (AvgIpc) is 2.83. The van der Waals surface area contributed by atoms with E-state index < -0.39 is 0 Å². The van der Waals surface area contributed by atoms with Crippen LogP contribution >= 0.6 is 0 Å². The molecule has 0 spiro atoms. The molecule has 0 aliphatic carbocycles. The molecule has 0 fully saturated rings. The molecule has 0 aliphatic heterocycles. The Morgan fingerprint density at radius 1 is 1.44 bits per heavy atom. The molecule has 0 radical (unpaired) electrons. The van der Waals surface area contributed by atoms with Gasteiger partial charge in [-0.3, -0.25) is 4.57 Å². The molecule has 6 nitrogen and oxygen atoms in total. The van der Waals surface area contributed by atoms with Crippen LogP contribution in [0.1, 0.15) is 18.3 Å². The fourth-order valence-electron chi connectivity index (χ4n) is 1.48. The van der Waals surface area contributed by atoms with E-state index in [2.05, 4.69) is 20.4 Å². The Bertz CT molecular complexity index is 476. The maximum Gasteiger partial charge on any atom is 0.148 e. The van der Waals surface area contributed by atoms with Crippen molar-refractivity contribution < 1.29 is 0 Å². The molecule has 6 heteroatoms. The number of nitrogens with zero attached hydrogens (tertiary/aromatic N) is 4. The molecule has 0 amide bonds. The fourth-order valence-corrected chi connectivity index (χ4v) is 1.48. The summed E-state index contributed by atoms with van der Waals surface area (Å²) in [5, 5.41) is 0. The topological polar surface area (TPSA) is 81.6 Å². The molecule has 16 heavy (non-hydrogen) atoms. The van der Waals surface area contributed by atoms with E-state index in [1.807, 2.05) is 24.6 Å². The molecule has 2 aromatic heterocycles. The Hall–Kier alpha value is -1.95. The third-order valence-corrected chi connectivity index (χ3v) is 2.37. The van der Waals surface area contributed by atoms with Crippen molar-refractivity contribution >= 4 is 5.82 Å². The average molecular weight is 218 g/mol. The van der Waals surface area contributed by atoms with Crippen molar-refractivity contribution in [3.63, 3.8) is 0 Å². The van der Waals surface area contributed by atoms with E-state index in [1.165, 1.54) is 0 Å². The summed E-state index contributed by atoms with van der Waals surface area (Å²) in [6, 6.07) is 0. The van der Waals surface area contributed by atoms with Gasteiger partial charge in [0.05, 0.1) is 0 Å². The van der Waals surface area contributed by atoms with E-state index in [4.69, 9.17) is 5.84 Å². The van der Waals surface area contributed by atoms with Gasteiger partial charge < -0.3 is 5.43 Å². The van der Waals surface area contributed by atoms with Crippen LogP contribution in [0, 0.1) is 6.92 Å². The van der Waals surface area contributed by atoms with Crippen LogP contribution in [0.5, 0.6) is 0 Å². The zero-order chi connectivity index (χ0) is 11.5. The zero-order valence-electron chi connectivity index (χ0n) is 9.31. The second-order valence-corrected chi connectivity index (χ2v) is 3.40.